The Labute approximate surface area is 142 Å². The number of esters is 1. The normalized spacial score (nSPS) is 13.5. The van der Waals surface area contributed by atoms with Crippen LogP contribution in [0.1, 0.15) is 27.3 Å². The standard InChI is InChI=1S/C16H16N2O5S/c1-8-14(24-10(3)17-8)16(20)23-9(2)15(19)18-11-4-5-12-13(6-11)22-7-21-12/h4-6,9H,7H2,1-3H3,(H,18,19)/t9-/m0/s1. The van der Waals surface area contributed by atoms with Crippen molar-refractivity contribution < 1.29 is 23.8 Å². The Hall–Kier alpha value is -2.61. The first-order chi connectivity index (χ1) is 11.4. The third-order valence-corrected chi connectivity index (χ3v) is 4.43. The molecule has 0 spiro atoms. The Morgan fingerprint density at radius 3 is 2.75 bits per heavy atom. The summed E-state index contributed by atoms with van der Waals surface area (Å²) in [4.78, 5) is 28.9. The Morgan fingerprint density at radius 2 is 2.04 bits per heavy atom. The minimum absolute atomic E-state index is 0.161. The first kappa shape index (κ1) is 16.3. The molecule has 0 bridgehead atoms. The molecule has 1 aliphatic heterocycles. The highest BCUT2D eigenvalue weighted by Gasteiger charge is 2.23. The van der Waals surface area contributed by atoms with Gasteiger partial charge in [-0.2, -0.15) is 0 Å². The molecule has 0 fully saturated rings. The first-order valence-corrected chi connectivity index (χ1v) is 8.11. The topological polar surface area (TPSA) is 86.8 Å². The molecule has 8 heteroatoms. The number of anilines is 1. The van der Waals surface area contributed by atoms with E-state index in [1.54, 1.807) is 25.1 Å². The van der Waals surface area contributed by atoms with Crippen LogP contribution in [-0.2, 0) is 9.53 Å². The lowest BCUT2D eigenvalue weighted by Crippen LogP contribution is -2.29. The average molecular weight is 348 g/mol. The zero-order valence-corrected chi connectivity index (χ0v) is 14.2. The van der Waals surface area contributed by atoms with Crippen molar-refractivity contribution in [2.75, 3.05) is 12.1 Å². The number of nitrogens with one attached hydrogen (secondary N) is 1. The monoisotopic (exact) mass is 348 g/mol. The highest BCUT2D eigenvalue weighted by molar-refractivity contribution is 7.13. The van der Waals surface area contributed by atoms with Crippen LogP contribution in [0.15, 0.2) is 18.2 Å². The molecule has 24 heavy (non-hydrogen) atoms. The number of carbonyl (C=O) groups excluding carboxylic acids is 2. The Morgan fingerprint density at radius 1 is 1.29 bits per heavy atom. The number of aromatic nitrogens is 1. The summed E-state index contributed by atoms with van der Waals surface area (Å²) in [6.07, 6.45) is -0.940. The fourth-order valence-corrected chi connectivity index (χ4v) is 3.01. The van der Waals surface area contributed by atoms with E-state index in [9.17, 15) is 9.59 Å². The molecule has 0 saturated carbocycles. The van der Waals surface area contributed by atoms with Crippen molar-refractivity contribution in [2.24, 2.45) is 0 Å². The van der Waals surface area contributed by atoms with Crippen LogP contribution in [0.4, 0.5) is 5.69 Å². The van der Waals surface area contributed by atoms with E-state index in [0.29, 0.717) is 27.8 Å². The van der Waals surface area contributed by atoms with Gasteiger partial charge in [0.2, 0.25) is 6.79 Å². The summed E-state index contributed by atoms with van der Waals surface area (Å²) in [5.74, 6) is 0.212. The van der Waals surface area contributed by atoms with Gasteiger partial charge >= 0.3 is 5.97 Å². The van der Waals surface area contributed by atoms with Gasteiger partial charge in [-0.25, -0.2) is 9.78 Å². The van der Waals surface area contributed by atoms with Gasteiger partial charge in [-0.3, -0.25) is 4.79 Å². The number of carbonyl (C=O) groups is 2. The van der Waals surface area contributed by atoms with Crippen LogP contribution in [0.25, 0.3) is 0 Å². The van der Waals surface area contributed by atoms with E-state index in [-0.39, 0.29) is 6.79 Å². The quantitative estimate of drug-likeness (QED) is 0.855. The smallest absolute Gasteiger partial charge is 0.351 e. The summed E-state index contributed by atoms with van der Waals surface area (Å²) in [5.41, 5.74) is 1.14. The molecule has 1 amide bonds. The van der Waals surface area contributed by atoms with E-state index in [4.69, 9.17) is 14.2 Å². The maximum absolute atomic E-state index is 12.2. The van der Waals surface area contributed by atoms with Gasteiger partial charge in [0.05, 0.1) is 10.7 Å². The van der Waals surface area contributed by atoms with Gasteiger partial charge < -0.3 is 19.5 Å². The number of rotatable bonds is 4. The van der Waals surface area contributed by atoms with Crippen molar-refractivity contribution >= 4 is 28.9 Å². The number of hydrogen-bond acceptors (Lipinski definition) is 7. The molecule has 126 valence electrons. The number of thiazole rings is 1. The maximum atomic E-state index is 12.2. The SMILES string of the molecule is Cc1nc(C)c(C(=O)O[C@@H](C)C(=O)Nc2ccc3c(c2)OCO3)s1. The number of benzene rings is 1. The molecule has 2 heterocycles. The molecule has 3 rings (SSSR count). The fraction of sp³-hybridized carbons (Fsp3) is 0.312. The third kappa shape index (κ3) is 3.33. The number of ether oxygens (including phenoxy) is 3. The predicted molar refractivity (Wildman–Crippen MR) is 87.7 cm³/mol. The largest absolute Gasteiger partial charge is 0.454 e. The van der Waals surface area contributed by atoms with E-state index in [1.807, 2.05) is 6.92 Å². The second-order valence-electron chi connectivity index (χ2n) is 5.25. The van der Waals surface area contributed by atoms with E-state index in [0.717, 1.165) is 5.01 Å². The molecule has 0 unspecified atom stereocenters. The number of nitrogens with zero attached hydrogens (tertiary/aromatic N) is 1. The Balaban J connectivity index is 1.62. The van der Waals surface area contributed by atoms with Crippen molar-refractivity contribution in [1.82, 2.24) is 4.98 Å². The van der Waals surface area contributed by atoms with E-state index < -0.39 is 18.0 Å². The fourth-order valence-electron chi connectivity index (χ4n) is 2.21. The molecular formula is C16H16N2O5S. The van der Waals surface area contributed by atoms with Crippen LogP contribution >= 0.6 is 11.3 Å². The van der Waals surface area contributed by atoms with Gasteiger partial charge in [-0.1, -0.05) is 0 Å². The number of hydrogen-bond donors (Lipinski definition) is 1. The van der Waals surface area contributed by atoms with Crippen LogP contribution in [0.3, 0.4) is 0 Å². The average Bonchev–Trinajstić information content (AvgIpc) is 3.12. The van der Waals surface area contributed by atoms with Crippen LogP contribution < -0.4 is 14.8 Å². The number of aryl methyl sites for hydroxylation is 2. The zero-order valence-electron chi connectivity index (χ0n) is 13.4. The van der Waals surface area contributed by atoms with Gasteiger partial charge in [0.25, 0.3) is 5.91 Å². The summed E-state index contributed by atoms with van der Waals surface area (Å²) in [6.45, 7) is 5.22. The van der Waals surface area contributed by atoms with E-state index in [2.05, 4.69) is 10.3 Å². The minimum Gasteiger partial charge on any atom is -0.454 e. The summed E-state index contributed by atoms with van der Waals surface area (Å²) in [6, 6.07) is 5.06. The highest BCUT2D eigenvalue weighted by atomic mass is 32.1. The molecule has 7 nitrogen and oxygen atoms in total. The minimum atomic E-state index is -0.940. The lowest BCUT2D eigenvalue weighted by Gasteiger charge is -2.13. The molecule has 1 aromatic carbocycles. The van der Waals surface area contributed by atoms with E-state index >= 15 is 0 Å². The molecule has 0 radical (unpaired) electrons. The summed E-state index contributed by atoms with van der Waals surface area (Å²) in [5, 5.41) is 3.46. The summed E-state index contributed by atoms with van der Waals surface area (Å²) >= 11 is 1.25. The van der Waals surface area contributed by atoms with Gasteiger partial charge in [0.1, 0.15) is 4.88 Å². The van der Waals surface area contributed by atoms with Crippen molar-refractivity contribution in [2.45, 2.75) is 26.9 Å². The molecular weight excluding hydrogens is 332 g/mol. The van der Waals surface area contributed by atoms with Crippen LogP contribution in [-0.4, -0.2) is 29.8 Å². The van der Waals surface area contributed by atoms with Crippen molar-refractivity contribution in [3.8, 4) is 11.5 Å². The van der Waals surface area contributed by atoms with Crippen molar-refractivity contribution in [1.29, 1.82) is 0 Å². The number of amides is 1. The van der Waals surface area contributed by atoms with Gasteiger partial charge in [0.15, 0.2) is 17.6 Å². The molecule has 0 aliphatic carbocycles. The first-order valence-electron chi connectivity index (χ1n) is 7.29. The molecule has 1 atom stereocenters. The van der Waals surface area contributed by atoms with Crippen LogP contribution in [0, 0.1) is 13.8 Å². The van der Waals surface area contributed by atoms with Gasteiger partial charge in [-0.05, 0) is 32.9 Å². The molecule has 1 N–H and O–H groups in total. The second-order valence-corrected chi connectivity index (χ2v) is 6.46. The summed E-state index contributed by atoms with van der Waals surface area (Å²) < 4.78 is 15.7. The lowest BCUT2D eigenvalue weighted by molar-refractivity contribution is -0.123. The molecule has 2 aromatic rings. The Bertz CT molecular complexity index is 802. The van der Waals surface area contributed by atoms with Crippen LogP contribution in [0.5, 0.6) is 11.5 Å². The number of fused-ring (bicyclic) bond motifs is 1. The second kappa shape index (κ2) is 6.48. The van der Waals surface area contributed by atoms with Gasteiger partial charge in [0, 0.05) is 11.8 Å². The van der Waals surface area contributed by atoms with Gasteiger partial charge in [-0.15, -0.1) is 11.3 Å². The van der Waals surface area contributed by atoms with Crippen molar-refractivity contribution in [3.63, 3.8) is 0 Å². The lowest BCUT2D eigenvalue weighted by atomic mass is 10.2. The predicted octanol–water partition coefficient (Wildman–Crippen LogP) is 2.67. The molecule has 1 aliphatic rings. The van der Waals surface area contributed by atoms with E-state index in [1.165, 1.54) is 18.3 Å². The van der Waals surface area contributed by atoms with Crippen LogP contribution in [0.2, 0.25) is 0 Å². The Kier molecular flexibility index (Phi) is 4.39. The zero-order chi connectivity index (χ0) is 17.3. The summed E-state index contributed by atoms with van der Waals surface area (Å²) in [7, 11) is 0. The van der Waals surface area contributed by atoms with Crippen molar-refractivity contribution in [3.05, 3.63) is 33.8 Å². The highest BCUT2D eigenvalue weighted by Crippen LogP contribution is 2.34. The molecule has 0 saturated heterocycles. The molecule has 1 aromatic heterocycles. The third-order valence-electron chi connectivity index (χ3n) is 3.38. The maximum Gasteiger partial charge on any atom is 0.351 e.